The van der Waals surface area contributed by atoms with Crippen LogP contribution in [0.15, 0.2) is 29.3 Å². The van der Waals surface area contributed by atoms with Gasteiger partial charge in [-0.25, -0.2) is 4.98 Å². The SMILES string of the molecule is O=C(CCC1CCCC1)N1CCCC[C@H]1c1nc2c(c(=O)[nH]1)CN(Cc1cccnc1)CC2. The Bertz CT molecular complexity index is 1020. The Labute approximate surface area is 195 Å². The largest absolute Gasteiger partial charge is 0.333 e. The van der Waals surface area contributed by atoms with Crippen molar-refractivity contribution in [3.8, 4) is 0 Å². The molecule has 0 bridgehead atoms. The van der Waals surface area contributed by atoms with Crippen LogP contribution in [0, 0.1) is 5.92 Å². The van der Waals surface area contributed by atoms with Crippen LogP contribution in [0.4, 0.5) is 0 Å². The van der Waals surface area contributed by atoms with E-state index in [4.69, 9.17) is 4.98 Å². The van der Waals surface area contributed by atoms with Crippen LogP contribution in [0.25, 0.3) is 0 Å². The number of nitrogens with one attached hydrogen (secondary N) is 1. The molecule has 0 unspecified atom stereocenters. The number of amides is 1. The van der Waals surface area contributed by atoms with Crippen molar-refractivity contribution >= 4 is 5.91 Å². The molecular formula is C26H35N5O2. The number of aromatic amines is 1. The third-order valence-corrected chi connectivity index (χ3v) is 7.67. The molecule has 2 fully saturated rings. The Balaban J connectivity index is 1.29. The Morgan fingerprint density at radius 3 is 2.79 bits per heavy atom. The van der Waals surface area contributed by atoms with Gasteiger partial charge < -0.3 is 9.88 Å². The molecule has 2 aromatic rings. The lowest BCUT2D eigenvalue weighted by molar-refractivity contribution is -0.135. The summed E-state index contributed by atoms with van der Waals surface area (Å²) in [5.74, 6) is 1.64. The molecule has 1 N–H and O–H groups in total. The van der Waals surface area contributed by atoms with Gasteiger partial charge in [0.05, 0.1) is 17.3 Å². The van der Waals surface area contributed by atoms with Crippen molar-refractivity contribution in [3.05, 3.63) is 57.5 Å². The maximum atomic E-state index is 13.1. The van der Waals surface area contributed by atoms with E-state index >= 15 is 0 Å². The molecule has 7 nitrogen and oxygen atoms in total. The zero-order chi connectivity index (χ0) is 22.6. The van der Waals surface area contributed by atoms with Gasteiger partial charge in [0.15, 0.2) is 0 Å². The van der Waals surface area contributed by atoms with Crippen molar-refractivity contribution in [2.24, 2.45) is 5.92 Å². The number of H-pyrrole nitrogens is 1. The molecule has 0 aromatic carbocycles. The minimum atomic E-state index is -0.0961. The molecule has 2 aliphatic heterocycles. The molecular weight excluding hydrogens is 414 g/mol. The molecule has 1 aliphatic carbocycles. The molecule has 0 radical (unpaired) electrons. The van der Waals surface area contributed by atoms with Crippen LogP contribution < -0.4 is 5.56 Å². The predicted molar refractivity (Wildman–Crippen MR) is 126 cm³/mol. The quantitative estimate of drug-likeness (QED) is 0.726. The van der Waals surface area contributed by atoms with Gasteiger partial charge in [-0.05, 0) is 43.2 Å². The number of aromatic nitrogens is 3. The highest BCUT2D eigenvalue weighted by atomic mass is 16.2. The van der Waals surface area contributed by atoms with Crippen molar-refractivity contribution in [1.82, 2.24) is 24.8 Å². The monoisotopic (exact) mass is 449 g/mol. The average Bonchev–Trinajstić information content (AvgIpc) is 3.37. The van der Waals surface area contributed by atoms with Gasteiger partial charge in [0.25, 0.3) is 5.56 Å². The molecule has 0 spiro atoms. The van der Waals surface area contributed by atoms with Gasteiger partial charge in [-0.15, -0.1) is 0 Å². The molecule has 2 aromatic heterocycles. The van der Waals surface area contributed by atoms with Gasteiger partial charge in [0.1, 0.15) is 5.82 Å². The summed E-state index contributed by atoms with van der Waals surface area (Å²) in [4.78, 5) is 42.6. The highest BCUT2D eigenvalue weighted by molar-refractivity contribution is 5.76. The third kappa shape index (κ3) is 5.18. The standard InChI is InChI=1S/C26H35N5O2/c32-24(11-10-19-6-1-2-7-19)31-14-4-3-9-23(31)25-28-22-12-15-30(18-21(22)26(33)29-25)17-20-8-5-13-27-16-20/h5,8,13,16,19,23H,1-4,6-7,9-12,14-15,17-18H2,(H,28,29,33)/t23-/m0/s1. The van der Waals surface area contributed by atoms with Crippen molar-refractivity contribution in [1.29, 1.82) is 0 Å². The van der Waals surface area contributed by atoms with Crippen LogP contribution in [-0.4, -0.2) is 43.7 Å². The van der Waals surface area contributed by atoms with Gasteiger partial charge in [-0.3, -0.25) is 19.5 Å². The Hall–Kier alpha value is -2.54. The molecule has 3 aliphatic rings. The summed E-state index contributed by atoms with van der Waals surface area (Å²) in [5.41, 5.74) is 2.77. The number of hydrogen-bond acceptors (Lipinski definition) is 5. The van der Waals surface area contributed by atoms with Crippen LogP contribution in [0.3, 0.4) is 0 Å². The number of likely N-dealkylation sites (tertiary alicyclic amines) is 1. The van der Waals surface area contributed by atoms with Crippen LogP contribution in [0.2, 0.25) is 0 Å². The lowest BCUT2D eigenvalue weighted by Crippen LogP contribution is -2.41. The number of piperidine rings is 1. The molecule has 1 saturated carbocycles. The number of carbonyl (C=O) groups excluding carboxylic acids is 1. The van der Waals surface area contributed by atoms with Crippen molar-refractivity contribution in [3.63, 3.8) is 0 Å². The minimum absolute atomic E-state index is 0.0465. The molecule has 1 amide bonds. The second kappa shape index (κ2) is 10.2. The maximum absolute atomic E-state index is 13.1. The lowest BCUT2D eigenvalue weighted by Gasteiger charge is -2.36. The van der Waals surface area contributed by atoms with Crippen molar-refractivity contribution in [2.75, 3.05) is 13.1 Å². The number of fused-ring (bicyclic) bond motifs is 1. The number of hydrogen-bond donors (Lipinski definition) is 1. The van der Waals surface area contributed by atoms with Gasteiger partial charge in [-0.1, -0.05) is 31.7 Å². The van der Waals surface area contributed by atoms with E-state index in [0.29, 0.717) is 24.7 Å². The van der Waals surface area contributed by atoms with Crippen molar-refractivity contribution < 1.29 is 4.79 Å². The third-order valence-electron chi connectivity index (χ3n) is 7.67. The Morgan fingerprint density at radius 1 is 1.12 bits per heavy atom. The first-order chi connectivity index (χ1) is 16.2. The fraction of sp³-hybridized carbons (Fsp3) is 0.615. The van der Waals surface area contributed by atoms with E-state index in [2.05, 4.69) is 20.9 Å². The van der Waals surface area contributed by atoms with E-state index < -0.39 is 0 Å². The molecule has 5 rings (SSSR count). The van der Waals surface area contributed by atoms with E-state index in [1.807, 2.05) is 17.2 Å². The van der Waals surface area contributed by atoms with Crippen molar-refractivity contribution in [2.45, 2.75) is 83.3 Å². The van der Waals surface area contributed by atoms with E-state index in [0.717, 1.165) is 68.6 Å². The number of rotatable bonds is 6. The first-order valence-corrected chi connectivity index (χ1v) is 12.7. The molecule has 1 atom stereocenters. The smallest absolute Gasteiger partial charge is 0.255 e. The zero-order valence-electron chi connectivity index (χ0n) is 19.5. The summed E-state index contributed by atoms with van der Waals surface area (Å²) in [6.45, 7) is 3.02. The van der Waals surface area contributed by atoms with E-state index in [1.54, 1.807) is 6.20 Å². The molecule has 4 heterocycles. The second-order valence-electron chi connectivity index (χ2n) is 9.99. The van der Waals surface area contributed by atoms with Gasteiger partial charge in [0, 0.05) is 51.4 Å². The number of carbonyl (C=O) groups is 1. The average molecular weight is 450 g/mol. The number of nitrogens with zero attached hydrogens (tertiary/aromatic N) is 4. The summed E-state index contributed by atoms with van der Waals surface area (Å²) in [7, 11) is 0. The summed E-state index contributed by atoms with van der Waals surface area (Å²) in [6.07, 6.45) is 14.2. The first-order valence-electron chi connectivity index (χ1n) is 12.7. The highest BCUT2D eigenvalue weighted by Crippen LogP contribution is 2.32. The van der Waals surface area contributed by atoms with Crippen LogP contribution in [0.5, 0.6) is 0 Å². The molecule has 176 valence electrons. The van der Waals surface area contributed by atoms with Crippen LogP contribution in [0.1, 0.15) is 86.5 Å². The number of pyridine rings is 1. The normalized spacial score (nSPS) is 21.8. The van der Waals surface area contributed by atoms with Gasteiger partial charge >= 0.3 is 0 Å². The Morgan fingerprint density at radius 2 is 1.97 bits per heavy atom. The molecule has 7 heteroatoms. The fourth-order valence-corrected chi connectivity index (χ4v) is 5.83. The minimum Gasteiger partial charge on any atom is -0.333 e. The lowest BCUT2D eigenvalue weighted by atomic mass is 9.97. The van der Waals surface area contributed by atoms with E-state index in [-0.39, 0.29) is 17.5 Å². The highest BCUT2D eigenvalue weighted by Gasteiger charge is 2.31. The first kappa shape index (κ1) is 22.3. The molecule has 1 saturated heterocycles. The summed E-state index contributed by atoms with van der Waals surface area (Å²) >= 11 is 0. The zero-order valence-corrected chi connectivity index (χ0v) is 19.5. The summed E-state index contributed by atoms with van der Waals surface area (Å²) < 4.78 is 0. The maximum Gasteiger partial charge on any atom is 0.255 e. The second-order valence-corrected chi connectivity index (χ2v) is 9.99. The van der Waals surface area contributed by atoms with Crippen LogP contribution >= 0.6 is 0 Å². The summed E-state index contributed by atoms with van der Waals surface area (Å²) in [6, 6.07) is 3.91. The predicted octanol–water partition coefficient (Wildman–Crippen LogP) is 3.75. The van der Waals surface area contributed by atoms with Crippen LogP contribution in [-0.2, 0) is 24.3 Å². The van der Waals surface area contributed by atoms with Gasteiger partial charge in [0.2, 0.25) is 5.91 Å². The topological polar surface area (TPSA) is 82.2 Å². The fourth-order valence-electron chi connectivity index (χ4n) is 5.83. The Kier molecular flexibility index (Phi) is 6.85. The molecule has 33 heavy (non-hydrogen) atoms. The van der Waals surface area contributed by atoms with E-state index in [9.17, 15) is 9.59 Å². The summed E-state index contributed by atoms with van der Waals surface area (Å²) in [5, 5.41) is 0. The van der Waals surface area contributed by atoms with E-state index in [1.165, 1.54) is 25.7 Å². The van der Waals surface area contributed by atoms with Gasteiger partial charge in [-0.2, -0.15) is 0 Å².